The second-order valence-corrected chi connectivity index (χ2v) is 3.88. The van der Waals surface area contributed by atoms with E-state index in [4.69, 9.17) is 21.1 Å². The topological polar surface area (TPSA) is 54.9 Å². The number of anilines is 1. The summed E-state index contributed by atoms with van der Waals surface area (Å²) in [5, 5.41) is 6.77. The third-order valence-electron chi connectivity index (χ3n) is 2.40. The summed E-state index contributed by atoms with van der Waals surface area (Å²) in [6, 6.07) is 3.49. The minimum atomic E-state index is 0.510. The van der Waals surface area contributed by atoms with Gasteiger partial charge in [0.1, 0.15) is 11.5 Å². The Hall–Kier alpha value is -1.62. The molecule has 0 aliphatic carbocycles. The van der Waals surface area contributed by atoms with Crippen LogP contribution in [0, 0.1) is 0 Å². The third kappa shape index (κ3) is 2.55. The lowest BCUT2D eigenvalue weighted by Crippen LogP contribution is -2.26. The average molecular weight is 256 g/mol. The molecule has 1 aliphatic rings. The maximum atomic E-state index is 6.02. The monoisotopic (exact) mass is 255 g/mol. The minimum absolute atomic E-state index is 0.510. The van der Waals surface area contributed by atoms with Gasteiger partial charge < -0.3 is 20.1 Å². The van der Waals surface area contributed by atoms with E-state index in [9.17, 15) is 0 Å². The van der Waals surface area contributed by atoms with Gasteiger partial charge in [-0.05, 0) is 0 Å². The summed E-state index contributed by atoms with van der Waals surface area (Å²) in [6.45, 7) is 1.62. The molecule has 0 amide bonds. The number of hydrogen-bond acceptors (Lipinski definition) is 5. The molecule has 0 fully saturated rings. The first-order valence-electron chi connectivity index (χ1n) is 5.21. The van der Waals surface area contributed by atoms with Crippen molar-refractivity contribution >= 4 is 23.2 Å². The Kier molecular flexibility index (Phi) is 3.58. The van der Waals surface area contributed by atoms with Crippen molar-refractivity contribution in [3.63, 3.8) is 0 Å². The van der Waals surface area contributed by atoms with Crippen LogP contribution in [0.1, 0.15) is 0 Å². The molecule has 1 aliphatic heterocycles. The van der Waals surface area contributed by atoms with E-state index in [-0.39, 0.29) is 0 Å². The van der Waals surface area contributed by atoms with Crippen LogP contribution in [-0.2, 0) is 0 Å². The van der Waals surface area contributed by atoms with Gasteiger partial charge in [-0.15, -0.1) is 0 Å². The van der Waals surface area contributed by atoms with E-state index in [0.717, 1.165) is 24.7 Å². The number of methoxy groups -OCH3 is 2. The molecule has 92 valence electrons. The van der Waals surface area contributed by atoms with Gasteiger partial charge in [-0.2, -0.15) is 0 Å². The molecule has 0 saturated carbocycles. The zero-order valence-electron chi connectivity index (χ0n) is 9.71. The van der Waals surface area contributed by atoms with Gasteiger partial charge >= 0.3 is 0 Å². The van der Waals surface area contributed by atoms with Crippen molar-refractivity contribution in [2.24, 2.45) is 4.99 Å². The Morgan fingerprint density at radius 1 is 1.29 bits per heavy atom. The van der Waals surface area contributed by atoms with Crippen molar-refractivity contribution in [3.05, 3.63) is 17.2 Å². The van der Waals surface area contributed by atoms with E-state index in [2.05, 4.69) is 15.6 Å². The molecule has 0 saturated heterocycles. The molecule has 1 heterocycles. The van der Waals surface area contributed by atoms with Crippen LogP contribution >= 0.6 is 11.6 Å². The summed E-state index contributed by atoms with van der Waals surface area (Å²) in [5.41, 5.74) is 0.766. The fourth-order valence-corrected chi connectivity index (χ4v) is 1.80. The van der Waals surface area contributed by atoms with Crippen molar-refractivity contribution < 1.29 is 9.47 Å². The number of nitrogens with zero attached hydrogens (tertiary/aromatic N) is 1. The Bertz CT molecular complexity index is 449. The molecule has 2 rings (SSSR count). The fourth-order valence-electron chi connectivity index (χ4n) is 1.57. The highest BCUT2D eigenvalue weighted by atomic mass is 35.5. The molecule has 0 bridgehead atoms. The number of ether oxygens (including phenoxy) is 2. The normalized spacial score (nSPS) is 13.9. The maximum absolute atomic E-state index is 6.02. The van der Waals surface area contributed by atoms with E-state index < -0.39 is 0 Å². The average Bonchev–Trinajstić information content (AvgIpc) is 2.83. The van der Waals surface area contributed by atoms with Crippen molar-refractivity contribution in [1.82, 2.24) is 5.32 Å². The molecule has 0 unspecified atom stereocenters. The number of halogens is 1. The highest BCUT2D eigenvalue weighted by Crippen LogP contribution is 2.35. The lowest BCUT2D eigenvalue weighted by atomic mass is 10.2. The van der Waals surface area contributed by atoms with Gasteiger partial charge in [0.05, 0.1) is 31.5 Å². The Labute approximate surface area is 105 Å². The summed E-state index contributed by atoms with van der Waals surface area (Å²) in [6.07, 6.45) is 0. The van der Waals surface area contributed by atoms with Crippen molar-refractivity contribution in [1.29, 1.82) is 0 Å². The minimum Gasteiger partial charge on any atom is -0.495 e. The van der Waals surface area contributed by atoms with Crippen LogP contribution in [0.2, 0.25) is 5.02 Å². The fraction of sp³-hybridized carbons (Fsp3) is 0.364. The largest absolute Gasteiger partial charge is 0.495 e. The Morgan fingerprint density at radius 3 is 2.65 bits per heavy atom. The van der Waals surface area contributed by atoms with E-state index in [1.165, 1.54) is 0 Å². The molecule has 0 aromatic heterocycles. The number of rotatable bonds is 3. The molecule has 17 heavy (non-hydrogen) atoms. The lowest BCUT2D eigenvalue weighted by molar-refractivity contribution is 0.405. The summed E-state index contributed by atoms with van der Waals surface area (Å²) < 4.78 is 10.4. The first-order chi connectivity index (χ1) is 8.24. The van der Waals surface area contributed by atoms with Crippen molar-refractivity contribution in [2.45, 2.75) is 0 Å². The maximum Gasteiger partial charge on any atom is 0.196 e. The van der Waals surface area contributed by atoms with Crippen LogP contribution in [0.3, 0.4) is 0 Å². The standard InChI is InChI=1S/C11H14ClN3O2/c1-16-9-6-8(10(17-2)5-7(9)12)15-11-13-3-4-14-11/h5-6H,3-4H2,1-2H3,(H2,13,14,15). The van der Waals surface area contributed by atoms with Gasteiger partial charge in [0.15, 0.2) is 5.96 Å². The molecule has 6 heteroatoms. The van der Waals surface area contributed by atoms with Crippen LogP contribution < -0.4 is 20.1 Å². The Morgan fingerprint density at radius 2 is 2.06 bits per heavy atom. The van der Waals surface area contributed by atoms with Gasteiger partial charge in [0.25, 0.3) is 0 Å². The van der Waals surface area contributed by atoms with Crippen LogP contribution in [-0.4, -0.2) is 33.3 Å². The van der Waals surface area contributed by atoms with Gasteiger partial charge in [0.2, 0.25) is 0 Å². The number of benzene rings is 1. The van der Waals surface area contributed by atoms with Crippen LogP contribution in [0.4, 0.5) is 5.69 Å². The predicted molar refractivity (Wildman–Crippen MR) is 68.5 cm³/mol. The number of hydrogen-bond donors (Lipinski definition) is 2. The molecule has 0 spiro atoms. The van der Waals surface area contributed by atoms with Crippen LogP contribution in [0.15, 0.2) is 17.1 Å². The second-order valence-electron chi connectivity index (χ2n) is 3.47. The predicted octanol–water partition coefficient (Wildman–Crippen LogP) is 1.73. The summed E-state index contributed by atoms with van der Waals surface area (Å²) in [5.74, 6) is 1.97. The molecule has 2 N–H and O–H groups in total. The number of guanidine groups is 1. The lowest BCUT2D eigenvalue weighted by Gasteiger charge is -2.13. The summed E-state index contributed by atoms with van der Waals surface area (Å²) in [4.78, 5) is 4.25. The third-order valence-corrected chi connectivity index (χ3v) is 2.70. The molecule has 1 aromatic rings. The molecule has 5 nitrogen and oxygen atoms in total. The molecule has 0 radical (unpaired) electrons. The molecular formula is C11H14ClN3O2. The van der Waals surface area contributed by atoms with Crippen molar-refractivity contribution in [2.75, 3.05) is 32.6 Å². The highest BCUT2D eigenvalue weighted by Gasteiger charge is 2.12. The SMILES string of the molecule is COc1cc(NC2=NCCN2)c(OC)cc1Cl. The summed E-state index contributed by atoms with van der Waals surface area (Å²) >= 11 is 6.02. The Balaban J connectivity index is 2.29. The number of aliphatic imine (C=N–C) groups is 1. The summed E-state index contributed by atoms with van der Waals surface area (Å²) in [7, 11) is 3.16. The molecule has 1 aromatic carbocycles. The highest BCUT2D eigenvalue weighted by molar-refractivity contribution is 6.32. The zero-order valence-corrected chi connectivity index (χ0v) is 10.5. The van der Waals surface area contributed by atoms with Crippen LogP contribution in [0.5, 0.6) is 11.5 Å². The first kappa shape index (κ1) is 11.9. The number of nitrogens with one attached hydrogen (secondary N) is 2. The zero-order chi connectivity index (χ0) is 12.3. The quantitative estimate of drug-likeness (QED) is 0.864. The van der Waals surface area contributed by atoms with E-state index in [1.807, 2.05) is 0 Å². The first-order valence-corrected chi connectivity index (χ1v) is 5.59. The van der Waals surface area contributed by atoms with Gasteiger partial charge in [-0.25, -0.2) is 0 Å². The van der Waals surface area contributed by atoms with Gasteiger partial charge in [-0.1, -0.05) is 11.6 Å². The van der Waals surface area contributed by atoms with E-state index in [0.29, 0.717) is 16.5 Å². The smallest absolute Gasteiger partial charge is 0.196 e. The molecule has 0 atom stereocenters. The van der Waals surface area contributed by atoms with Crippen molar-refractivity contribution in [3.8, 4) is 11.5 Å². The van der Waals surface area contributed by atoms with E-state index in [1.54, 1.807) is 26.4 Å². The second kappa shape index (κ2) is 5.14. The van der Waals surface area contributed by atoms with Gasteiger partial charge in [-0.3, -0.25) is 4.99 Å². The van der Waals surface area contributed by atoms with E-state index >= 15 is 0 Å². The molecular weight excluding hydrogens is 242 g/mol. The van der Waals surface area contributed by atoms with Gasteiger partial charge in [0, 0.05) is 18.7 Å². The van der Waals surface area contributed by atoms with Crippen LogP contribution in [0.25, 0.3) is 0 Å².